The fourth-order valence-electron chi connectivity index (χ4n) is 1.93. The number of halogens is 1. The Labute approximate surface area is 127 Å². The van der Waals surface area contributed by atoms with E-state index in [4.69, 9.17) is 5.73 Å². The van der Waals surface area contributed by atoms with E-state index in [0.29, 0.717) is 23.9 Å². The molecule has 0 aliphatic heterocycles. The molecule has 5 nitrogen and oxygen atoms in total. The van der Waals surface area contributed by atoms with Crippen LogP contribution in [0.2, 0.25) is 0 Å². The van der Waals surface area contributed by atoms with E-state index < -0.39 is 0 Å². The Morgan fingerprint density at radius 2 is 1.77 bits per heavy atom. The van der Waals surface area contributed by atoms with Gasteiger partial charge >= 0.3 is 0 Å². The van der Waals surface area contributed by atoms with Crippen LogP contribution in [0, 0.1) is 5.82 Å². The first kappa shape index (κ1) is 13.9. The molecule has 0 unspecified atom stereocenters. The van der Waals surface area contributed by atoms with E-state index in [2.05, 4.69) is 20.5 Å². The van der Waals surface area contributed by atoms with Gasteiger partial charge in [0.2, 0.25) is 0 Å². The van der Waals surface area contributed by atoms with Crippen molar-refractivity contribution in [1.29, 1.82) is 0 Å². The molecule has 0 spiro atoms. The molecule has 0 atom stereocenters. The summed E-state index contributed by atoms with van der Waals surface area (Å²) in [5.74, 6) is 0.877. The van der Waals surface area contributed by atoms with Gasteiger partial charge in [-0.05, 0) is 48.0 Å². The molecule has 1 aromatic carbocycles. The number of nitrogens with two attached hydrogens (primary N) is 1. The molecule has 6 heteroatoms. The van der Waals surface area contributed by atoms with Crippen LogP contribution in [0.3, 0.4) is 0 Å². The molecular weight excluding hydrogens is 281 g/mol. The van der Waals surface area contributed by atoms with Gasteiger partial charge in [-0.25, -0.2) is 9.37 Å². The van der Waals surface area contributed by atoms with Crippen molar-refractivity contribution >= 4 is 11.6 Å². The van der Waals surface area contributed by atoms with Gasteiger partial charge in [0.25, 0.3) is 0 Å². The Hall–Kier alpha value is -3.02. The average molecular weight is 295 g/mol. The van der Waals surface area contributed by atoms with Gasteiger partial charge < -0.3 is 11.1 Å². The van der Waals surface area contributed by atoms with Crippen LogP contribution in [0.5, 0.6) is 0 Å². The number of anilines is 2. The molecule has 0 aliphatic rings. The normalized spacial score (nSPS) is 10.4. The van der Waals surface area contributed by atoms with Crippen molar-refractivity contribution in [2.75, 3.05) is 11.1 Å². The first-order valence-electron chi connectivity index (χ1n) is 6.75. The summed E-state index contributed by atoms with van der Waals surface area (Å²) in [6, 6.07) is 13.5. The second-order valence-electron chi connectivity index (χ2n) is 4.76. The predicted octanol–water partition coefficient (Wildman–Crippen LogP) is 2.87. The Balaban J connectivity index is 1.66. The van der Waals surface area contributed by atoms with Gasteiger partial charge in [0.1, 0.15) is 17.5 Å². The maximum Gasteiger partial charge on any atom is 0.148 e. The summed E-state index contributed by atoms with van der Waals surface area (Å²) in [7, 11) is 0. The molecule has 0 saturated carbocycles. The number of rotatable bonds is 4. The molecule has 110 valence electrons. The van der Waals surface area contributed by atoms with E-state index >= 15 is 0 Å². The van der Waals surface area contributed by atoms with E-state index in [1.807, 2.05) is 18.2 Å². The molecule has 22 heavy (non-hydrogen) atoms. The zero-order valence-electron chi connectivity index (χ0n) is 11.7. The molecule has 0 radical (unpaired) electrons. The Morgan fingerprint density at radius 1 is 0.955 bits per heavy atom. The maximum absolute atomic E-state index is 12.9. The Bertz CT molecular complexity index is 739. The third kappa shape index (κ3) is 3.35. The number of nitrogen functional groups attached to an aromatic ring is 1. The molecule has 0 fully saturated rings. The van der Waals surface area contributed by atoms with E-state index in [0.717, 1.165) is 11.1 Å². The minimum Gasteiger partial charge on any atom is -0.384 e. The van der Waals surface area contributed by atoms with Gasteiger partial charge in [0, 0.05) is 18.3 Å². The highest BCUT2D eigenvalue weighted by molar-refractivity contribution is 5.59. The van der Waals surface area contributed by atoms with Crippen LogP contribution in [-0.2, 0) is 6.54 Å². The van der Waals surface area contributed by atoms with Crippen molar-refractivity contribution in [2.45, 2.75) is 6.54 Å². The lowest BCUT2D eigenvalue weighted by Crippen LogP contribution is -2.03. The quantitative estimate of drug-likeness (QED) is 0.774. The van der Waals surface area contributed by atoms with Crippen LogP contribution >= 0.6 is 0 Å². The summed E-state index contributed by atoms with van der Waals surface area (Å²) in [5.41, 5.74) is 8.05. The third-order valence-electron chi connectivity index (χ3n) is 3.13. The van der Waals surface area contributed by atoms with E-state index in [9.17, 15) is 4.39 Å². The lowest BCUT2D eigenvalue weighted by atomic mass is 10.1. The largest absolute Gasteiger partial charge is 0.384 e. The summed E-state index contributed by atoms with van der Waals surface area (Å²) in [5, 5.41) is 11.4. The summed E-state index contributed by atoms with van der Waals surface area (Å²) in [6.07, 6.45) is 1.71. The zero-order valence-corrected chi connectivity index (χ0v) is 11.7. The molecule has 2 heterocycles. The average Bonchev–Trinajstić information content (AvgIpc) is 2.56. The van der Waals surface area contributed by atoms with Gasteiger partial charge in [-0.2, -0.15) is 0 Å². The lowest BCUT2D eigenvalue weighted by molar-refractivity contribution is 0.628. The van der Waals surface area contributed by atoms with Crippen molar-refractivity contribution in [3.63, 3.8) is 0 Å². The highest BCUT2D eigenvalue weighted by atomic mass is 19.1. The number of nitrogens with one attached hydrogen (secondary N) is 1. The molecule has 0 saturated heterocycles. The van der Waals surface area contributed by atoms with Crippen molar-refractivity contribution in [3.8, 4) is 11.3 Å². The highest BCUT2D eigenvalue weighted by Gasteiger charge is 2.02. The molecule has 3 rings (SSSR count). The summed E-state index contributed by atoms with van der Waals surface area (Å²) < 4.78 is 12.9. The van der Waals surface area contributed by atoms with Crippen LogP contribution in [0.25, 0.3) is 11.3 Å². The smallest absolute Gasteiger partial charge is 0.148 e. The fraction of sp³-hybridized carbons (Fsp3) is 0.0625. The second kappa shape index (κ2) is 6.17. The number of hydrogen-bond donors (Lipinski definition) is 2. The van der Waals surface area contributed by atoms with Crippen LogP contribution in [0.1, 0.15) is 5.56 Å². The van der Waals surface area contributed by atoms with Crippen LogP contribution < -0.4 is 11.1 Å². The summed E-state index contributed by atoms with van der Waals surface area (Å²) >= 11 is 0. The number of benzene rings is 1. The molecule has 0 amide bonds. The van der Waals surface area contributed by atoms with Crippen molar-refractivity contribution < 1.29 is 4.39 Å². The maximum atomic E-state index is 12.9. The number of pyridine rings is 1. The minimum atomic E-state index is -0.271. The van der Waals surface area contributed by atoms with Gasteiger partial charge in [0.15, 0.2) is 0 Å². The molecular formula is C16H14FN5. The SMILES string of the molecule is Nc1ccc(CNc2ccc(-c3ccc(F)cc3)nn2)cn1. The molecule has 0 bridgehead atoms. The van der Waals surface area contributed by atoms with E-state index in [-0.39, 0.29) is 5.82 Å². The van der Waals surface area contributed by atoms with Crippen LogP contribution in [-0.4, -0.2) is 15.2 Å². The Morgan fingerprint density at radius 3 is 2.41 bits per heavy atom. The lowest BCUT2D eigenvalue weighted by Gasteiger charge is -2.06. The van der Waals surface area contributed by atoms with Gasteiger partial charge in [-0.3, -0.25) is 0 Å². The molecule has 3 aromatic rings. The molecule has 0 aliphatic carbocycles. The van der Waals surface area contributed by atoms with Crippen molar-refractivity contribution in [1.82, 2.24) is 15.2 Å². The van der Waals surface area contributed by atoms with Gasteiger partial charge in [-0.15, -0.1) is 10.2 Å². The minimum absolute atomic E-state index is 0.271. The van der Waals surface area contributed by atoms with E-state index in [1.54, 1.807) is 24.4 Å². The fourth-order valence-corrected chi connectivity index (χ4v) is 1.93. The second-order valence-corrected chi connectivity index (χ2v) is 4.76. The first-order chi connectivity index (χ1) is 10.7. The highest BCUT2D eigenvalue weighted by Crippen LogP contribution is 2.17. The summed E-state index contributed by atoms with van der Waals surface area (Å²) in [4.78, 5) is 4.02. The summed E-state index contributed by atoms with van der Waals surface area (Å²) in [6.45, 7) is 0.581. The molecule has 3 N–H and O–H groups in total. The van der Waals surface area contributed by atoms with Crippen LogP contribution in [0.4, 0.5) is 16.0 Å². The number of hydrogen-bond acceptors (Lipinski definition) is 5. The Kier molecular flexibility index (Phi) is 3.91. The van der Waals surface area contributed by atoms with Crippen LogP contribution in [0.15, 0.2) is 54.7 Å². The van der Waals surface area contributed by atoms with Crippen molar-refractivity contribution in [2.24, 2.45) is 0 Å². The van der Waals surface area contributed by atoms with Gasteiger partial charge in [0.05, 0.1) is 5.69 Å². The standard InChI is InChI=1S/C16H14FN5/c17-13-4-2-12(3-5-13)14-6-8-16(22-21-14)20-10-11-1-7-15(18)19-9-11/h1-9H,10H2,(H2,18,19)(H,20,22). The third-order valence-corrected chi connectivity index (χ3v) is 3.13. The monoisotopic (exact) mass is 295 g/mol. The van der Waals surface area contributed by atoms with Gasteiger partial charge in [-0.1, -0.05) is 6.07 Å². The van der Waals surface area contributed by atoms with E-state index in [1.165, 1.54) is 12.1 Å². The molecule has 2 aromatic heterocycles. The first-order valence-corrected chi connectivity index (χ1v) is 6.75. The topological polar surface area (TPSA) is 76.7 Å². The predicted molar refractivity (Wildman–Crippen MR) is 83.4 cm³/mol. The number of aromatic nitrogens is 3. The van der Waals surface area contributed by atoms with Crippen molar-refractivity contribution in [3.05, 3.63) is 66.1 Å². The number of nitrogens with zero attached hydrogens (tertiary/aromatic N) is 3. The zero-order chi connectivity index (χ0) is 15.4.